The number of hydrogen-bond donors (Lipinski definition) is 1. The molecular formula is C14H22O2. The van der Waals surface area contributed by atoms with Crippen molar-refractivity contribution in [3.8, 4) is 5.75 Å². The second-order valence-corrected chi connectivity index (χ2v) is 5.41. The van der Waals surface area contributed by atoms with Crippen molar-refractivity contribution in [2.24, 2.45) is 0 Å². The van der Waals surface area contributed by atoms with Crippen LogP contribution in [-0.4, -0.2) is 17.8 Å². The van der Waals surface area contributed by atoms with Crippen LogP contribution in [0.4, 0.5) is 0 Å². The van der Waals surface area contributed by atoms with E-state index in [1.165, 1.54) is 11.1 Å². The van der Waals surface area contributed by atoms with Gasteiger partial charge < -0.3 is 9.84 Å². The molecule has 16 heavy (non-hydrogen) atoms. The van der Waals surface area contributed by atoms with Gasteiger partial charge in [0.05, 0.1) is 6.10 Å². The van der Waals surface area contributed by atoms with Crippen LogP contribution in [0.5, 0.6) is 5.75 Å². The molecule has 0 amide bonds. The van der Waals surface area contributed by atoms with E-state index in [1.807, 2.05) is 12.1 Å². The Labute approximate surface area is 98.3 Å². The Bertz CT molecular complexity index is 348. The maximum atomic E-state index is 9.24. The van der Waals surface area contributed by atoms with Crippen LogP contribution in [0.25, 0.3) is 0 Å². The summed E-state index contributed by atoms with van der Waals surface area (Å²) in [5.41, 5.74) is 2.47. The molecule has 0 bridgehead atoms. The van der Waals surface area contributed by atoms with Gasteiger partial charge in [-0.3, -0.25) is 0 Å². The molecule has 1 aromatic carbocycles. The van der Waals surface area contributed by atoms with E-state index in [2.05, 4.69) is 33.8 Å². The minimum Gasteiger partial charge on any atom is -0.491 e. The van der Waals surface area contributed by atoms with Crippen molar-refractivity contribution in [2.75, 3.05) is 6.61 Å². The van der Waals surface area contributed by atoms with Crippen molar-refractivity contribution in [1.82, 2.24) is 0 Å². The van der Waals surface area contributed by atoms with Gasteiger partial charge in [-0.25, -0.2) is 0 Å². The van der Waals surface area contributed by atoms with Crippen LogP contribution in [0, 0.1) is 6.92 Å². The topological polar surface area (TPSA) is 29.5 Å². The molecule has 1 rings (SSSR count). The molecule has 0 radical (unpaired) electrons. The Morgan fingerprint density at radius 2 is 1.94 bits per heavy atom. The molecule has 1 atom stereocenters. The van der Waals surface area contributed by atoms with E-state index in [0.29, 0.717) is 6.61 Å². The second-order valence-electron chi connectivity index (χ2n) is 5.41. The molecule has 0 aliphatic carbocycles. The highest BCUT2D eigenvalue weighted by Gasteiger charge is 2.19. The summed E-state index contributed by atoms with van der Waals surface area (Å²) < 4.78 is 5.63. The van der Waals surface area contributed by atoms with Crippen LogP contribution in [0.2, 0.25) is 0 Å². The molecule has 2 nitrogen and oxygen atoms in total. The van der Waals surface area contributed by atoms with E-state index in [4.69, 9.17) is 4.74 Å². The van der Waals surface area contributed by atoms with Crippen molar-refractivity contribution in [2.45, 2.75) is 46.1 Å². The smallest absolute Gasteiger partial charge is 0.123 e. The fourth-order valence-corrected chi connectivity index (χ4v) is 1.57. The Hall–Kier alpha value is -1.02. The average molecular weight is 222 g/mol. The first-order valence-electron chi connectivity index (χ1n) is 5.72. The van der Waals surface area contributed by atoms with Crippen LogP contribution in [0.1, 0.15) is 38.8 Å². The van der Waals surface area contributed by atoms with Crippen molar-refractivity contribution in [3.63, 3.8) is 0 Å². The Morgan fingerprint density at radius 3 is 2.44 bits per heavy atom. The van der Waals surface area contributed by atoms with Crippen LogP contribution in [-0.2, 0) is 5.41 Å². The lowest BCUT2D eigenvalue weighted by molar-refractivity contribution is 0.121. The number of benzene rings is 1. The van der Waals surface area contributed by atoms with E-state index < -0.39 is 6.10 Å². The van der Waals surface area contributed by atoms with Gasteiger partial charge in [0.2, 0.25) is 0 Å². The maximum absolute atomic E-state index is 9.24. The Kier molecular flexibility index (Phi) is 3.98. The lowest BCUT2D eigenvalue weighted by Crippen LogP contribution is -2.17. The number of rotatable bonds is 3. The van der Waals surface area contributed by atoms with Gasteiger partial charge in [0, 0.05) is 0 Å². The molecule has 0 aliphatic rings. The normalized spacial score (nSPS) is 13.6. The standard InChI is InChI=1S/C14H22O2/c1-10-6-7-13(16-9-11(2)15)12(8-10)14(3,4)5/h6-8,11,15H,9H2,1-5H3/t11-/m1/s1. The summed E-state index contributed by atoms with van der Waals surface area (Å²) in [4.78, 5) is 0. The van der Waals surface area contributed by atoms with E-state index in [-0.39, 0.29) is 5.41 Å². The summed E-state index contributed by atoms with van der Waals surface area (Å²) >= 11 is 0. The Morgan fingerprint density at radius 1 is 1.31 bits per heavy atom. The first-order valence-corrected chi connectivity index (χ1v) is 5.72. The zero-order chi connectivity index (χ0) is 12.3. The molecule has 0 fully saturated rings. The highest BCUT2D eigenvalue weighted by Crippen LogP contribution is 2.32. The van der Waals surface area contributed by atoms with Crippen LogP contribution >= 0.6 is 0 Å². The first kappa shape index (κ1) is 13.0. The molecule has 90 valence electrons. The predicted molar refractivity (Wildman–Crippen MR) is 67.1 cm³/mol. The fraction of sp³-hybridized carbons (Fsp3) is 0.571. The third kappa shape index (κ3) is 3.53. The molecule has 2 heteroatoms. The maximum Gasteiger partial charge on any atom is 0.123 e. The van der Waals surface area contributed by atoms with Crippen molar-refractivity contribution >= 4 is 0 Å². The molecule has 0 unspecified atom stereocenters. The summed E-state index contributed by atoms with van der Waals surface area (Å²) in [6.07, 6.45) is -0.436. The number of aliphatic hydroxyl groups excluding tert-OH is 1. The number of ether oxygens (including phenoxy) is 1. The highest BCUT2D eigenvalue weighted by molar-refractivity contribution is 5.41. The highest BCUT2D eigenvalue weighted by atomic mass is 16.5. The van der Waals surface area contributed by atoms with Crippen molar-refractivity contribution in [3.05, 3.63) is 29.3 Å². The summed E-state index contributed by atoms with van der Waals surface area (Å²) in [6, 6.07) is 6.17. The molecule has 0 heterocycles. The zero-order valence-electron chi connectivity index (χ0n) is 10.9. The quantitative estimate of drug-likeness (QED) is 0.851. The van der Waals surface area contributed by atoms with Gasteiger partial charge in [-0.2, -0.15) is 0 Å². The van der Waals surface area contributed by atoms with Crippen LogP contribution in [0.3, 0.4) is 0 Å². The third-order valence-corrected chi connectivity index (χ3v) is 2.42. The second kappa shape index (κ2) is 4.88. The largest absolute Gasteiger partial charge is 0.491 e. The molecule has 0 saturated carbocycles. The van der Waals surface area contributed by atoms with Gasteiger partial charge >= 0.3 is 0 Å². The number of aryl methyl sites for hydroxylation is 1. The summed E-state index contributed by atoms with van der Waals surface area (Å²) in [7, 11) is 0. The molecule has 1 N–H and O–H groups in total. The third-order valence-electron chi connectivity index (χ3n) is 2.42. The minimum absolute atomic E-state index is 0.0556. The summed E-state index contributed by atoms with van der Waals surface area (Å²) in [5.74, 6) is 0.874. The monoisotopic (exact) mass is 222 g/mol. The van der Waals surface area contributed by atoms with E-state index >= 15 is 0 Å². The summed E-state index contributed by atoms with van der Waals surface area (Å²) in [5, 5.41) is 9.24. The molecule has 0 aromatic heterocycles. The average Bonchev–Trinajstić information content (AvgIpc) is 2.14. The number of hydrogen-bond acceptors (Lipinski definition) is 2. The molecule has 0 aliphatic heterocycles. The van der Waals surface area contributed by atoms with E-state index in [1.54, 1.807) is 6.92 Å². The molecular weight excluding hydrogens is 200 g/mol. The van der Waals surface area contributed by atoms with Gasteiger partial charge in [-0.1, -0.05) is 38.5 Å². The summed E-state index contributed by atoms with van der Waals surface area (Å²) in [6.45, 7) is 10.6. The van der Waals surface area contributed by atoms with Crippen LogP contribution < -0.4 is 4.74 Å². The minimum atomic E-state index is -0.436. The van der Waals surface area contributed by atoms with Gasteiger partial charge in [-0.15, -0.1) is 0 Å². The van der Waals surface area contributed by atoms with Crippen molar-refractivity contribution in [1.29, 1.82) is 0 Å². The Balaban J connectivity index is 2.99. The van der Waals surface area contributed by atoms with Gasteiger partial charge in [0.25, 0.3) is 0 Å². The molecule has 0 saturated heterocycles. The zero-order valence-corrected chi connectivity index (χ0v) is 10.9. The lowest BCUT2D eigenvalue weighted by Gasteiger charge is -2.23. The first-order chi connectivity index (χ1) is 7.30. The van der Waals surface area contributed by atoms with Gasteiger partial charge in [-0.05, 0) is 30.9 Å². The van der Waals surface area contributed by atoms with Gasteiger partial charge in [0.15, 0.2) is 0 Å². The predicted octanol–water partition coefficient (Wildman–Crippen LogP) is 3.05. The SMILES string of the molecule is Cc1ccc(OC[C@@H](C)O)c(C(C)(C)C)c1. The van der Waals surface area contributed by atoms with Crippen molar-refractivity contribution < 1.29 is 9.84 Å². The van der Waals surface area contributed by atoms with Crippen LogP contribution in [0.15, 0.2) is 18.2 Å². The fourth-order valence-electron chi connectivity index (χ4n) is 1.57. The van der Waals surface area contributed by atoms with E-state index in [9.17, 15) is 5.11 Å². The number of aliphatic hydroxyl groups is 1. The van der Waals surface area contributed by atoms with Gasteiger partial charge in [0.1, 0.15) is 12.4 Å². The molecule has 0 spiro atoms. The van der Waals surface area contributed by atoms with E-state index in [0.717, 1.165) is 5.75 Å². The lowest BCUT2D eigenvalue weighted by atomic mass is 9.85. The molecule has 1 aromatic rings.